The smallest absolute Gasteiger partial charge is 0.414 e. The molecule has 2 aliphatic rings. The van der Waals surface area contributed by atoms with Crippen LogP contribution in [0.2, 0.25) is 0 Å². The molecule has 1 aromatic carbocycles. The third-order valence-electron chi connectivity index (χ3n) is 4.72. The second-order valence-corrected chi connectivity index (χ2v) is 7.84. The van der Waals surface area contributed by atoms with Gasteiger partial charge in [0.05, 0.1) is 36.7 Å². The van der Waals surface area contributed by atoms with Crippen LogP contribution in [0.1, 0.15) is 12.6 Å². The predicted octanol–water partition coefficient (Wildman–Crippen LogP) is 2.32. The summed E-state index contributed by atoms with van der Waals surface area (Å²) in [6.07, 6.45) is 0.539. The SMILES string of the molecule is CC(=O)NCC1CN(c2ccc(N3C=NN(c4nc(C)cs4)CC3)c(F)c2)C(=O)O1. The fourth-order valence-electron chi connectivity index (χ4n) is 3.22. The number of aryl methyl sites for hydroxylation is 1. The van der Waals surface area contributed by atoms with E-state index >= 15 is 0 Å². The molecule has 158 valence electrons. The lowest BCUT2D eigenvalue weighted by Crippen LogP contribution is -2.38. The van der Waals surface area contributed by atoms with E-state index in [0.29, 0.717) is 24.5 Å². The molecule has 1 aromatic heterocycles. The second kappa shape index (κ2) is 8.27. The number of nitrogens with one attached hydrogen (secondary N) is 1. The zero-order chi connectivity index (χ0) is 21.3. The highest BCUT2D eigenvalue weighted by Gasteiger charge is 2.33. The summed E-state index contributed by atoms with van der Waals surface area (Å²) in [6, 6.07) is 4.60. The van der Waals surface area contributed by atoms with Crippen LogP contribution in [0.25, 0.3) is 0 Å². The van der Waals surface area contributed by atoms with Crippen LogP contribution in [-0.4, -0.2) is 55.6 Å². The van der Waals surface area contributed by atoms with Crippen molar-refractivity contribution >= 4 is 46.2 Å². The summed E-state index contributed by atoms with van der Waals surface area (Å²) in [5.41, 5.74) is 1.72. The molecule has 0 bridgehead atoms. The van der Waals surface area contributed by atoms with Gasteiger partial charge in [-0.15, -0.1) is 11.3 Å². The van der Waals surface area contributed by atoms with Gasteiger partial charge in [0.25, 0.3) is 0 Å². The molecule has 0 radical (unpaired) electrons. The van der Waals surface area contributed by atoms with Crippen LogP contribution in [0.3, 0.4) is 0 Å². The van der Waals surface area contributed by atoms with Gasteiger partial charge in [-0.2, -0.15) is 5.10 Å². The highest BCUT2D eigenvalue weighted by atomic mass is 32.1. The molecule has 0 saturated carbocycles. The molecule has 9 nitrogen and oxygen atoms in total. The molecule has 4 rings (SSSR count). The van der Waals surface area contributed by atoms with Crippen molar-refractivity contribution in [2.75, 3.05) is 41.0 Å². The highest BCUT2D eigenvalue weighted by Crippen LogP contribution is 2.29. The van der Waals surface area contributed by atoms with Gasteiger partial charge in [-0.05, 0) is 25.1 Å². The second-order valence-electron chi connectivity index (χ2n) is 7.01. The van der Waals surface area contributed by atoms with Crippen LogP contribution in [0, 0.1) is 12.7 Å². The third kappa shape index (κ3) is 4.20. The van der Waals surface area contributed by atoms with Gasteiger partial charge in [0.2, 0.25) is 11.0 Å². The molecule has 11 heteroatoms. The fraction of sp³-hybridized carbons (Fsp3) is 0.368. The Morgan fingerprint density at radius 3 is 2.87 bits per heavy atom. The van der Waals surface area contributed by atoms with Gasteiger partial charge >= 0.3 is 6.09 Å². The first kappa shape index (κ1) is 20.1. The molecule has 1 atom stereocenters. The fourth-order valence-corrected chi connectivity index (χ4v) is 4.01. The summed E-state index contributed by atoms with van der Waals surface area (Å²) in [5.74, 6) is -0.665. The Labute approximate surface area is 176 Å². The molecule has 0 spiro atoms. The minimum Gasteiger partial charge on any atom is -0.442 e. The zero-order valence-corrected chi connectivity index (χ0v) is 17.4. The first-order valence-electron chi connectivity index (χ1n) is 9.43. The summed E-state index contributed by atoms with van der Waals surface area (Å²) in [5, 5.41) is 11.5. The number of ether oxygens (including phenoxy) is 1. The number of hydrogen-bond acceptors (Lipinski definition) is 8. The number of hydrazone groups is 1. The molecular formula is C19H21FN6O3S. The molecule has 2 aliphatic heterocycles. The number of amides is 2. The Balaban J connectivity index is 1.44. The van der Waals surface area contributed by atoms with Crippen LogP contribution >= 0.6 is 11.3 Å². The minimum atomic E-state index is -0.563. The summed E-state index contributed by atoms with van der Waals surface area (Å²) in [6.45, 7) is 4.90. The van der Waals surface area contributed by atoms with E-state index < -0.39 is 18.0 Å². The van der Waals surface area contributed by atoms with Crippen LogP contribution in [0.5, 0.6) is 0 Å². The van der Waals surface area contributed by atoms with E-state index in [-0.39, 0.29) is 19.0 Å². The highest BCUT2D eigenvalue weighted by molar-refractivity contribution is 7.13. The standard InChI is InChI=1S/C19H21FN6O3S/c1-12-10-30-18(23-12)26-6-5-24(11-22-26)17-4-3-14(7-16(17)20)25-9-15(29-19(25)28)8-21-13(2)27/h3-4,7,10-11,15H,5-6,8-9H2,1-2H3,(H,21,27). The lowest BCUT2D eigenvalue weighted by Gasteiger charge is -2.29. The van der Waals surface area contributed by atoms with Crippen molar-refractivity contribution in [1.29, 1.82) is 0 Å². The number of carbonyl (C=O) groups excluding carboxylic acids is 2. The monoisotopic (exact) mass is 432 g/mol. The summed E-state index contributed by atoms with van der Waals surface area (Å²) < 4.78 is 20.1. The summed E-state index contributed by atoms with van der Waals surface area (Å²) in [7, 11) is 0. The Morgan fingerprint density at radius 2 is 2.23 bits per heavy atom. The van der Waals surface area contributed by atoms with Gasteiger partial charge in [-0.25, -0.2) is 19.2 Å². The number of hydrogen-bond donors (Lipinski definition) is 1. The quantitative estimate of drug-likeness (QED) is 0.780. The average Bonchev–Trinajstić information content (AvgIpc) is 3.32. The van der Waals surface area contributed by atoms with E-state index in [1.165, 1.54) is 29.2 Å². The van der Waals surface area contributed by atoms with Crippen molar-refractivity contribution in [3.05, 3.63) is 35.1 Å². The first-order chi connectivity index (χ1) is 14.4. The van der Waals surface area contributed by atoms with Gasteiger partial charge < -0.3 is 15.0 Å². The number of thiazole rings is 1. The van der Waals surface area contributed by atoms with Gasteiger partial charge in [0, 0.05) is 18.8 Å². The van der Waals surface area contributed by atoms with Crippen molar-refractivity contribution < 1.29 is 18.7 Å². The molecule has 3 heterocycles. The number of halogens is 1. The van der Waals surface area contributed by atoms with Crippen molar-refractivity contribution in [3.8, 4) is 0 Å². The van der Waals surface area contributed by atoms with Crippen molar-refractivity contribution in [2.24, 2.45) is 5.10 Å². The van der Waals surface area contributed by atoms with Crippen LogP contribution in [0.4, 0.5) is 25.7 Å². The molecule has 1 unspecified atom stereocenters. The van der Waals surface area contributed by atoms with Crippen molar-refractivity contribution in [3.63, 3.8) is 0 Å². The topological polar surface area (TPSA) is 90.4 Å². The molecule has 0 aliphatic carbocycles. The Hall–Kier alpha value is -3.21. The molecule has 2 aromatic rings. The molecule has 1 fully saturated rings. The van der Waals surface area contributed by atoms with Crippen LogP contribution in [0.15, 0.2) is 28.7 Å². The average molecular weight is 432 g/mol. The molecular weight excluding hydrogens is 411 g/mol. The lowest BCUT2D eigenvalue weighted by atomic mass is 10.2. The van der Waals surface area contributed by atoms with E-state index in [4.69, 9.17) is 4.74 Å². The normalized spacial score (nSPS) is 18.7. The first-order valence-corrected chi connectivity index (χ1v) is 10.3. The number of benzene rings is 1. The molecule has 2 amide bonds. The van der Waals surface area contributed by atoms with Gasteiger partial charge in [-0.3, -0.25) is 9.69 Å². The number of rotatable bonds is 5. The number of cyclic esters (lactones) is 1. The summed E-state index contributed by atoms with van der Waals surface area (Å²) >= 11 is 1.51. The Bertz CT molecular complexity index is 996. The van der Waals surface area contributed by atoms with Crippen molar-refractivity contribution in [1.82, 2.24) is 10.3 Å². The lowest BCUT2D eigenvalue weighted by molar-refractivity contribution is -0.119. The molecule has 30 heavy (non-hydrogen) atoms. The van der Waals surface area contributed by atoms with Gasteiger partial charge in [0.15, 0.2) is 0 Å². The Kier molecular flexibility index (Phi) is 5.53. The zero-order valence-electron chi connectivity index (χ0n) is 16.5. The van der Waals surface area contributed by atoms with E-state index in [0.717, 1.165) is 10.8 Å². The van der Waals surface area contributed by atoms with E-state index in [2.05, 4.69) is 15.4 Å². The predicted molar refractivity (Wildman–Crippen MR) is 113 cm³/mol. The minimum absolute atomic E-state index is 0.202. The molecule has 1 N–H and O–H groups in total. The number of aromatic nitrogens is 1. The maximum atomic E-state index is 14.8. The number of anilines is 3. The van der Waals surface area contributed by atoms with Crippen LogP contribution < -0.4 is 20.1 Å². The summed E-state index contributed by atoms with van der Waals surface area (Å²) in [4.78, 5) is 30.6. The number of nitrogens with zero attached hydrogens (tertiary/aromatic N) is 5. The Morgan fingerprint density at radius 1 is 1.40 bits per heavy atom. The largest absolute Gasteiger partial charge is 0.442 e. The van der Waals surface area contributed by atoms with Gasteiger partial charge in [0.1, 0.15) is 18.3 Å². The van der Waals surface area contributed by atoms with Crippen molar-refractivity contribution in [2.45, 2.75) is 20.0 Å². The molecule has 1 saturated heterocycles. The maximum Gasteiger partial charge on any atom is 0.414 e. The maximum absolute atomic E-state index is 14.8. The van der Waals surface area contributed by atoms with E-state index in [1.807, 2.05) is 12.3 Å². The number of carbonyl (C=O) groups is 2. The third-order valence-corrected chi connectivity index (χ3v) is 5.69. The van der Waals surface area contributed by atoms with Crippen LogP contribution in [-0.2, 0) is 9.53 Å². The van der Waals surface area contributed by atoms with E-state index in [1.54, 1.807) is 28.4 Å². The van der Waals surface area contributed by atoms with E-state index in [9.17, 15) is 14.0 Å². The van der Waals surface area contributed by atoms with Gasteiger partial charge in [-0.1, -0.05) is 0 Å².